The molecule has 6 nitrogen and oxygen atoms in total. The molecule has 0 aromatic carbocycles. The highest BCUT2D eigenvalue weighted by molar-refractivity contribution is 9.10. The number of hydrogen-bond donors (Lipinski definition) is 2. The van der Waals surface area contributed by atoms with Gasteiger partial charge in [0.05, 0.1) is 21.5 Å². The average molecular weight is 330 g/mol. The second-order valence-electron chi connectivity index (χ2n) is 4.91. The van der Waals surface area contributed by atoms with Crippen molar-refractivity contribution in [3.05, 3.63) is 26.9 Å². The molecule has 0 bridgehead atoms. The number of nitrogens with zero attached hydrogens (tertiary/aromatic N) is 2. The second-order valence-corrected chi connectivity index (χ2v) is 5.76. The van der Waals surface area contributed by atoms with E-state index in [1.165, 1.54) is 18.7 Å². The zero-order chi connectivity index (χ0) is 13.9. The molecule has 0 unspecified atom stereocenters. The summed E-state index contributed by atoms with van der Waals surface area (Å²) < 4.78 is 0.542. The van der Waals surface area contributed by atoms with Crippen LogP contribution in [0, 0.1) is 10.1 Å². The number of halogens is 1. The molecule has 19 heavy (non-hydrogen) atoms. The Morgan fingerprint density at radius 2 is 2.16 bits per heavy atom. The van der Waals surface area contributed by atoms with Gasteiger partial charge in [-0.15, -0.1) is 0 Å². The summed E-state index contributed by atoms with van der Waals surface area (Å²) in [5, 5.41) is 23.5. The first-order valence-corrected chi connectivity index (χ1v) is 7.05. The van der Waals surface area contributed by atoms with Crippen LogP contribution in [-0.4, -0.2) is 27.2 Å². The van der Waals surface area contributed by atoms with E-state index in [0.717, 1.165) is 25.7 Å². The Hall–Kier alpha value is -1.21. The SMILES string of the molecule is O=[N+]([O-])c1cnc(NC2(CO)CCCCC2)c(Br)c1. The maximum absolute atomic E-state index is 10.7. The van der Waals surface area contributed by atoms with Crippen molar-refractivity contribution in [3.63, 3.8) is 0 Å². The Morgan fingerprint density at radius 3 is 2.68 bits per heavy atom. The molecule has 0 amide bonds. The van der Waals surface area contributed by atoms with Crippen LogP contribution in [0.4, 0.5) is 11.5 Å². The molecule has 1 saturated carbocycles. The van der Waals surface area contributed by atoms with E-state index in [0.29, 0.717) is 10.3 Å². The summed E-state index contributed by atoms with van der Waals surface area (Å²) >= 11 is 3.28. The summed E-state index contributed by atoms with van der Waals surface area (Å²) in [6.45, 7) is 0.0398. The molecule has 0 atom stereocenters. The molecular formula is C12H16BrN3O3. The molecule has 2 N–H and O–H groups in total. The third-order valence-electron chi connectivity index (χ3n) is 3.53. The average Bonchev–Trinajstić information content (AvgIpc) is 2.42. The van der Waals surface area contributed by atoms with Gasteiger partial charge in [-0.25, -0.2) is 4.98 Å². The minimum atomic E-state index is -0.482. The van der Waals surface area contributed by atoms with E-state index in [2.05, 4.69) is 26.2 Å². The number of aliphatic hydroxyl groups is 1. The summed E-state index contributed by atoms with van der Waals surface area (Å²) in [5.74, 6) is 0.543. The zero-order valence-corrected chi connectivity index (χ0v) is 12.0. The Balaban J connectivity index is 2.20. The normalized spacial score (nSPS) is 18.0. The molecule has 0 aliphatic heterocycles. The van der Waals surface area contributed by atoms with Crippen LogP contribution < -0.4 is 5.32 Å². The number of hydrogen-bond acceptors (Lipinski definition) is 5. The molecule has 1 fully saturated rings. The van der Waals surface area contributed by atoms with Crippen LogP contribution in [0.5, 0.6) is 0 Å². The Kier molecular flexibility index (Phi) is 4.36. The lowest BCUT2D eigenvalue weighted by atomic mass is 9.82. The van der Waals surface area contributed by atoms with Crippen LogP contribution in [-0.2, 0) is 0 Å². The van der Waals surface area contributed by atoms with Gasteiger partial charge in [0.1, 0.15) is 12.0 Å². The lowest BCUT2D eigenvalue weighted by Gasteiger charge is -2.37. The van der Waals surface area contributed by atoms with E-state index in [1.54, 1.807) is 0 Å². The molecule has 0 radical (unpaired) electrons. The Morgan fingerprint density at radius 1 is 1.47 bits per heavy atom. The largest absolute Gasteiger partial charge is 0.394 e. The third-order valence-corrected chi connectivity index (χ3v) is 4.14. The van der Waals surface area contributed by atoms with Crippen LogP contribution in [0.15, 0.2) is 16.7 Å². The monoisotopic (exact) mass is 329 g/mol. The fraction of sp³-hybridized carbons (Fsp3) is 0.583. The van der Waals surface area contributed by atoms with Gasteiger partial charge in [0.15, 0.2) is 0 Å². The zero-order valence-electron chi connectivity index (χ0n) is 10.4. The minimum absolute atomic E-state index is 0.0398. The molecule has 1 aliphatic carbocycles. The lowest BCUT2D eigenvalue weighted by molar-refractivity contribution is -0.385. The van der Waals surface area contributed by atoms with Crippen LogP contribution in [0.25, 0.3) is 0 Å². The van der Waals surface area contributed by atoms with Crippen LogP contribution in [0.3, 0.4) is 0 Å². The molecular weight excluding hydrogens is 314 g/mol. The van der Waals surface area contributed by atoms with Crippen molar-refractivity contribution in [1.29, 1.82) is 0 Å². The van der Waals surface area contributed by atoms with E-state index in [9.17, 15) is 15.2 Å². The van der Waals surface area contributed by atoms with E-state index >= 15 is 0 Å². The van der Waals surface area contributed by atoms with Gasteiger partial charge in [-0.3, -0.25) is 10.1 Å². The Labute approximate surface area is 119 Å². The highest BCUT2D eigenvalue weighted by atomic mass is 79.9. The van der Waals surface area contributed by atoms with Crippen molar-refractivity contribution >= 4 is 27.4 Å². The van der Waals surface area contributed by atoms with Crippen molar-refractivity contribution in [3.8, 4) is 0 Å². The predicted molar refractivity (Wildman–Crippen MR) is 75.1 cm³/mol. The van der Waals surface area contributed by atoms with Crippen LogP contribution in [0.2, 0.25) is 0 Å². The van der Waals surface area contributed by atoms with Crippen LogP contribution in [0.1, 0.15) is 32.1 Å². The highest BCUT2D eigenvalue weighted by Gasteiger charge is 2.32. The van der Waals surface area contributed by atoms with Gasteiger partial charge in [-0.1, -0.05) is 19.3 Å². The maximum Gasteiger partial charge on any atom is 0.288 e. The number of pyridine rings is 1. The van der Waals surface area contributed by atoms with E-state index in [4.69, 9.17) is 0 Å². The number of rotatable bonds is 4. The molecule has 0 saturated heterocycles. The molecule has 1 aromatic heterocycles. The summed E-state index contributed by atoms with van der Waals surface area (Å²) in [5.41, 5.74) is -0.414. The summed E-state index contributed by atoms with van der Waals surface area (Å²) in [4.78, 5) is 14.3. The first-order chi connectivity index (χ1) is 9.06. The van der Waals surface area contributed by atoms with Gasteiger partial charge in [0, 0.05) is 6.07 Å². The van der Waals surface area contributed by atoms with Gasteiger partial charge in [0.25, 0.3) is 5.69 Å². The summed E-state index contributed by atoms with van der Waals surface area (Å²) in [6.07, 6.45) is 6.30. The first kappa shape index (κ1) is 14.2. The minimum Gasteiger partial charge on any atom is -0.394 e. The lowest BCUT2D eigenvalue weighted by Crippen LogP contribution is -2.44. The maximum atomic E-state index is 10.7. The number of aliphatic hydroxyl groups excluding tert-OH is 1. The smallest absolute Gasteiger partial charge is 0.288 e. The van der Waals surface area contributed by atoms with E-state index in [-0.39, 0.29) is 17.8 Å². The van der Waals surface area contributed by atoms with Gasteiger partial charge in [-0.2, -0.15) is 0 Å². The van der Waals surface area contributed by atoms with Gasteiger partial charge in [-0.05, 0) is 28.8 Å². The molecule has 1 heterocycles. The van der Waals surface area contributed by atoms with E-state index in [1.807, 2.05) is 0 Å². The van der Waals surface area contributed by atoms with Crippen LogP contribution >= 0.6 is 15.9 Å². The standard InChI is InChI=1S/C12H16BrN3O3/c13-10-6-9(16(18)19)7-14-11(10)15-12(8-17)4-2-1-3-5-12/h6-7,17H,1-5,8H2,(H,14,15). The fourth-order valence-electron chi connectivity index (χ4n) is 2.42. The van der Waals surface area contributed by atoms with Crippen molar-refractivity contribution in [2.24, 2.45) is 0 Å². The molecule has 2 rings (SSSR count). The second kappa shape index (κ2) is 5.83. The van der Waals surface area contributed by atoms with Gasteiger partial charge < -0.3 is 10.4 Å². The van der Waals surface area contributed by atoms with Crippen molar-refractivity contribution in [1.82, 2.24) is 4.98 Å². The topological polar surface area (TPSA) is 88.3 Å². The molecule has 0 spiro atoms. The fourth-order valence-corrected chi connectivity index (χ4v) is 2.86. The molecule has 1 aliphatic rings. The predicted octanol–water partition coefficient (Wildman–Crippen LogP) is 2.86. The number of nitrogens with one attached hydrogen (secondary N) is 1. The number of nitro groups is 1. The van der Waals surface area contributed by atoms with E-state index < -0.39 is 4.92 Å². The van der Waals surface area contributed by atoms with Crippen molar-refractivity contribution in [2.75, 3.05) is 11.9 Å². The molecule has 1 aromatic rings. The van der Waals surface area contributed by atoms with Crippen molar-refractivity contribution < 1.29 is 10.0 Å². The van der Waals surface area contributed by atoms with Gasteiger partial charge >= 0.3 is 0 Å². The molecule has 7 heteroatoms. The summed E-state index contributed by atoms with van der Waals surface area (Å²) in [7, 11) is 0. The summed E-state index contributed by atoms with van der Waals surface area (Å²) in [6, 6.07) is 1.42. The Bertz CT molecular complexity index is 475. The highest BCUT2D eigenvalue weighted by Crippen LogP contribution is 2.33. The third kappa shape index (κ3) is 3.22. The molecule has 104 valence electrons. The number of anilines is 1. The quantitative estimate of drug-likeness (QED) is 0.655. The first-order valence-electron chi connectivity index (χ1n) is 6.25. The number of aromatic nitrogens is 1. The van der Waals surface area contributed by atoms with Gasteiger partial charge in [0.2, 0.25) is 0 Å². The van der Waals surface area contributed by atoms with Crippen molar-refractivity contribution in [2.45, 2.75) is 37.6 Å².